The van der Waals surface area contributed by atoms with Gasteiger partial charge in [0.1, 0.15) is 50.7 Å². The van der Waals surface area contributed by atoms with E-state index in [1.54, 1.807) is 28.7 Å². The Kier molecular flexibility index (Phi) is 5.01. The molecule has 7 heteroatoms. The second-order valence-corrected chi connectivity index (χ2v) is 7.72. The van der Waals surface area contributed by atoms with Gasteiger partial charge in [-0.2, -0.15) is 0 Å². The average molecular weight is 372 g/mol. The highest BCUT2D eigenvalue weighted by molar-refractivity contribution is 7.15. The number of aromatic nitrogens is 2. The fourth-order valence-corrected chi connectivity index (χ4v) is 4.32. The Hall–Kier alpha value is -2.22. The van der Waals surface area contributed by atoms with Crippen molar-refractivity contribution < 1.29 is 14.5 Å². The molecule has 6 nitrogen and oxygen atoms in total. The second kappa shape index (κ2) is 7.57. The van der Waals surface area contributed by atoms with Gasteiger partial charge in [0, 0.05) is 23.2 Å². The molecule has 0 atom stereocenters. The minimum Gasteiger partial charge on any atom is -0.497 e. The standard InChI is InChI=1S/C19H22N4O2S/c1-25-17-4-2-15(3-5-17)13-21-6-8-22(9-7-21)14-16-12-18(24)23-10-11-26-19(23)20-16/h2-5,10-12H,6-9,13-14H2,1H3/p+2. The first-order valence-electron chi connectivity index (χ1n) is 8.97. The van der Waals surface area contributed by atoms with Gasteiger partial charge in [0.25, 0.3) is 5.56 Å². The molecule has 2 aromatic heterocycles. The molecule has 0 bridgehead atoms. The van der Waals surface area contributed by atoms with Crippen molar-refractivity contribution in [3.8, 4) is 5.75 Å². The van der Waals surface area contributed by atoms with Gasteiger partial charge in [-0.05, 0) is 24.3 Å². The van der Waals surface area contributed by atoms with Crippen LogP contribution in [0.4, 0.5) is 0 Å². The van der Waals surface area contributed by atoms with Gasteiger partial charge in [-0.25, -0.2) is 4.98 Å². The molecule has 0 aliphatic carbocycles. The molecule has 1 aromatic carbocycles. The van der Waals surface area contributed by atoms with Crippen molar-refractivity contribution in [2.24, 2.45) is 0 Å². The Morgan fingerprint density at radius 2 is 1.81 bits per heavy atom. The molecule has 4 rings (SSSR count). The molecular formula is C19H24N4O2S+2. The highest BCUT2D eigenvalue weighted by Crippen LogP contribution is 2.10. The summed E-state index contributed by atoms with van der Waals surface area (Å²) >= 11 is 1.51. The molecule has 1 aliphatic rings. The van der Waals surface area contributed by atoms with Crippen molar-refractivity contribution >= 4 is 16.3 Å². The lowest BCUT2D eigenvalue weighted by molar-refractivity contribution is -1.02. The van der Waals surface area contributed by atoms with Crippen LogP contribution >= 0.6 is 11.3 Å². The number of methoxy groups -OCH3 is 1. The van der Waals surface area contributed by atoms with E-state index in [9.17, 15) is 4.79 Å². The SMILES string of the molecule is COc1ccc(C[NH+]2CC[NH+](Cc3cc(=O)n4ccsc4n3)CC2)cc1. The predicted molar refractivity (Wildman–Crippen MR) is 101 cm³/mol. The Morgan fingerprint density at radius 3 is 2.50 bits per heavy atom. The monoisotopic (exact) mass is 372 g/mol. The van der Waals surface area contributed by atoms with Crippen molar-refractivity contribution in [3.63, 3.8) is 0 Å². The normalized spacial score (nSPS) is 20.3. The summed E-state index contributed by atoms with van der Waals surface area (Å²) in [5.41, 5.74) is 2.28. The molecule has 1 fully saturated rings. The molecule has 2 N–H and O–H groups in total. The van der Waals surface area contributed by atoms with E-state index in [-0.39, 0.29) is 5.56 Å². The van der Waals surface area contributed by atoms with Gasteiger partial charge >= 0.3 is 0 Å². The Balaban J connectivity index is 1.33. The summed E-state index contributed by atoms with van der Waals surface area (Å²) < 4.78 is 6.83. The number of fused-ring (bicyclic) bond motifs is 1. The van der Waals surface area contributed by atoms with E-state index in [2.05, 4.69) is 17.1 Å². The molecule has 1 aliphatic heterocycles. The van der Waals surface area contributed by atoms with Crippen LogP contribution in [0, 0.1) is 0 Å². The van der Waals surface area contributed by atoms with E-state index in [4.69, 9.17) is 4.74 Å². The fraction of sp³-hybridized carbons (Fsp3) is 0.368. The summed E-state index contributed by atoms with van der Waals surface area (Å²) in [5.74, 6) is 0.907. The van der Waals surface area contributed by atoms with Crippen LogP contribution in [0.25, 0.3) is 4.96 Å². The summed E-state index contributed by atoms with van der Waals surface area (Å²) in [4.78, 5) is 20.7. The van der Waals surface area contributed by atoms with Crippen LogP contribution in [0.1, 0.15) is 11.3 Å². The Labute approximate surface area is 156 Å². The minimum atomic E-state index is 0.0226. The number of thiazole rings is 1. The highest BCUT2D eigenvalue weighted by Gasteiger charge is 2.23. The third-order valence-electron chi connectivity index (χ3n) is 5.06. The summed E-state index contributed by atoms with van der Waals surface area (Å²) in [7, 11) is 1.70. The fourth-order valence-electron chi connectivity index (χ4n) is 3.58. The van der Waals surface area contributed by atoms with Crippen LogP contribution in [-0.4, -0.2) is 42.7 Å². The van der Waals surface area contributed by atoms with E-state index in [1.165, 1.54) is 21.8 Å². The summed E-state index contributed by atoms with van der Waals surface area (Å²) in [6, 6.07) is 10.0. The smallest absolute Gasteiger partial charge is 0.258 e. The number of piperazine rings is 1. The summed E-state index contributed by atoms with van der Waals surface area (Å²) in [6.45, 7) is 6.38. The van der Waals surface area contributed by atoms with Crippen LogP contribution in [0.3, 0.4) is 0 Å². The number of nitrogens with zero attached hydrogens (tertiary/aromatic N) is 2. The zero-order valence-corrected chi connectivity index (χ0v) is 15.7. The second-order valence-electron chi connectivity index (χ2n) is 6.84. The first kappa shape index (κ1) is 17.2. The van der Waals surface area contributed by atoms with Crippen LogP contribution in [0.5, 0.6) is 5.75 Å². The number of ether oxygens (including phenoxy) is 1. The van der Waals surface area contributed by atoms with Gasteiger partial charge in [-0.15, -0.1) is 11.3 Å². The average Bonchev–Trinajstić information content (AvgIpc) is 3.13. The minimum absolute atomic E-state index is 0.0226. The third kappa shape index (κ3) is 3.80. The molecule has 0 saturated carbocycles. The van der Waals surface area contributed by atoms with Gasteiger partial charge < -0.3 is 14.5 Å². The molecule has 3 heterocycles. The number of benzene rings is 1. The van der Waals surface area contributed by atoms with E-state index in [1.807, 2.05) is 17.5 Å². The zero-order valence-electron chi connectivity index (χ0n) is 14.9. The predicted octanol–water partition coefficient (Wildman–Crippen LogP) is -0.752. The summed E-state index contributed by atoms with van der Waals surface area (Å²) in [5, 5.41) is 1.90. The number of hydrogen-bond acceptors (Lipinski definition) is 4. The largest absolute Gasteiger partial charge is 0.497 e. The van der Waals surface area contributed by atoms with Gasteiger partial charge in [0.2, 0.25) is 0 Å². The van der Waals surface area contributed by atoms with Crippen molar-refractivity contribution in [1.29, 1.82) is 0 Å². The molecule has 0 unspecified atom stereocenters. The van der Waals surface area contributed by atoms with E-state index < -0.39 is 0 Å². The molecule has 0 radical (unpaired) electrons. The first-order chi connectivity index (χ1) is 12.7. The molecule has 0 spiro atoms. The van der Waals surface area contributed by atoms with Crippen molar-refractivity contribution in [3.05, 3.63) is 63.5 Å². The van der Waals surface area contributed by atoms with E-state index >= 15 is 0 Å². The summed E-state index contributed by atoms with van der Waals surface area (Å²) in [6.07, 6.45) is 1.78. The first-order valence-corrected chi connectivity index (χ1v) is 9.85. The molecule has 136 valence electrons. The molecular weight excluding hydrogens is 348 g/mol. The Bertz CT molecular complexity index is 927. The van der Waals surface area contributed by atoms with Gasteiger partial charge in [0.15, 0.2) is 4.96 Å². The number of quaternary nitrogens is 2. The number of nitrogens with one attached hydrogen (secondary N) is 2. The lowest BCUT2D eigenvalue weighted by atomic mass is 10.2. The lowest BCUT2D eigenvalue weighted by Gasteiger charge is -2.29. The van der Waals surface area contributed by atoms with Crippen LogP contribution in [0.15, 0.2) is 46.7 Å². The van der Waals surface area contributed by atoms with Crippen molar-refractivity contribution in [2.45, 2.75) is 13.1 Å². The zero-order chi connectivity index (χ0) is 17.9. The molecule has 1 saturated heterocycles. The maximum absolute atomic E-state index is 12.1. The third-order valence-corrected chi connectivity index (χ3v) is 5.82. The molecule has 3 aromatic rings. The van der Waals surface area contributed by atoms with Gasteiger partial charge in [-0.3, -0.25) is 9.20 Å². The maximum Gasteiger partial charge on any atom is 0.258 e. The topological polar surface area (TPSA) is 52.5 Å². The molecule has 26 heavy (non-hydrogen) atoms. The van der Waals surface area contributed by atoms with Crippen LogP contribution < -0.4 is 20.1 Å². The number of rotatable bonds is 5. The van der Waals surface area contributed by atoms with Crippen molar-refractivity contribution in [2.75, 3.05) is 33.3 Å². The Morgan fingerprint density at radius 1 is 1.12 bits per heavy atom. The van der Waals surface area contributed by atoms with Gasteiger partial charge in [0.05, 0.1) is 7.11 Å². The van der Waals surface area contributed by atoms with E-state index in [0.717, 1.165) is 55.7 Å². The maximum atomic E-state index is 12.1. The lowest BCUT2D eigenvalue weighted by Crippen LogP contribution is -3.27. The van der Waals surface area contributed by atoms with Crippen molar-refractivity contribution in [1.82, 2.24) is 9.38 Å². The van der Waals surface area contributed by atoms with Crippen LogP contribution in [0.2, 0.25) is 0 Å². The van der Waals surface area contributed by atoms with E-state index in [0.29, 0.717) is 0 Å². The van der Waals surface area contributed by atoms with Crippen LogP contribution in [-0.2, 0) is 13.1 Å². The quantitative estimate of drug-likeness (QED) is 0.620. The number of hydrogen-bond donors (Lipinski definition) is 2. The molecule has 0 amide bonds. The van der Waals surface area contributed by atoms with Gasteiger partial charge in [-0.1, -0.05) is 0 Å². The highest BCUT2D eigenvalue weighted by atomic mass is 32.1.